The lowest BCUT2D eigenvalue weighted by atomic mass is 9.93. The van der Waals surface area contributed by atoms with Crippen molar-refractivity contribution in [2.24, 2.45) is 11.8 Å². The predicted molar refractivity (Wildman–Crippen MR) is 121 cm³/mol. The lowest BCUT2D eigenvalue weighted by Crippen LogP contribution is -2.56. The van der Waals surface area contributed by atoms with Gasteiger partial charge in [-0.15, -0.1) is 0 Å². The van der Waals surface area contributed by atoms with Crippen molar-refractivity contribution in [1.82, 2.24) is 14.7 Å². The Morgan fingerprint density at radius 2 is 1.42 bits per heavy atom. The predicted octanol–water partition coefficient (Wildman–Crippen LogP) is 2.18. The van der Waals surface area contributed by atoms with Gasteiger partial charge in [-0.1, -0.05) is 26.0 Å². The fourth-order valence-electron chi connectivity index (χ4n) is 5.30. The van der Waals surface area contributed by atoms with Crippen molar-refractivity contribution >= 4 is 23.6 Å². The van der Waals surface area contributed by atoms with Gasteiger partial charge < -0.3 is 14.5 Å². The summed E-state index contributed by atoms with van der Waals surface area (Å²) in [7, 11) is 0. The smallest absolute Gasteiger partial charge is 0.262 e. The van der Waals surface area contributed by atoms with Crippen LogP contribution in [0, 0.1) is 11.8 Å². The SMILES string of the molecule is CC1CN(C(=O)C2CCN(C(=O)C(C(C)C)N3C(=O)c4ccccc4C3=O)CC2)CC(C)O1. The van der Waals surface area contributed by atoms with Crippen LogP contribution >= 0.6 is 0 Å². The number of likely N-dealkylation sites (tertiary alicyclic amines) is 1. The van der Waals surface area contributed by atoms with Gasteiger partial charge in [-0.25, -0.2) is 0 Å². The van der Waals surface area contributed by atoms with E-state index in [1.807, 2.05) is 32.6 Å². The number of rotatable bonds is 4. The summed E-state index contributed by atoms with van der Waals surface area (Å²) < 4.78 is 5.73. The van der Waals surface area contributed by atoms with Crippen LogP contribution in [-0.2, 0) is 14.3 Å². The average molecular weight is 456 g/mol. The van der Waals surface area contributed by atoms with Gasteiger partial charge in [0.05, 0.1) is 23.3 Å². The van der Waals surface area contributed by atoms with E-state index in [1.165, 1.54) is 0 Å². The van der Waals surface area contributed by atoms with Crippen LogP contribution in [0.2, 0.25) is 0 Å². The number of carbonyl (C=O) groups is 4. The third-order valence-electron chi connectivity index (χ3n) is 6.88. The van der Waals surface area contributed by atoms with Crippen LogP contribution in [0.4, 0.5) is 0 Å². The van der Waals surface area contributed by atoms with Crippen molar-refractivity contribution in [2.45, 2.75) is 58.8 Å². The van der Waals surface area contributed by atoms with Crippen LogP contribution in [0.1, 0.15) is 61.3 Å². The molecule has 0 spiro atoms. The normalized spacial score (nSPS) is 24.9. The van der Waals surface area contributed by atoms with Gasteiger partial charge in [0.1, 0.15) is 6.04 Å². The van der Waals surface area contributed by atoms with Crippen LogP contribution in [-0.4, -0.2) is 82.8 Å². The molecule has 0 radical (unpaired) electrons. The maximum Gasteiger partial charge on any atom is 0.262 e. The monoisotopic (exact) mass is 455 g/mol. The van der Waals surface area contributed by atoms with Crippen LogP contribution in [0.3, 0.4) is 0 Å². The van der Waals surface area contributed by atoms with Crippen molar-refractivity contribution in [3.63, 3.8) is 0 Å². The lowest BCUT2D eigenvalue weighted by molar-refractivity contribution is -0.151. The number of hydrogen-bond donors (Lipinski definition) is 0. The van der Waals surface area contributed by atoms with Crippen LogP contribution < -0.4 is 0 Å². The molecule has 1 aromatic rings. The molecule has 1 aromatic carbocycles. The number of benzene rings is 1. The highest BCUT2D eigenvalue weighted by Gasteiger charge is 2.45. The summed E-state index contributed by atoms with van der Waals surface area (Å²) in [5.41, 5.74) is 0.693. The fourth-order valence-corrected chi connectivity index (χ4v) is 5.30. The number of morpholine rings is 1. The summed E-state index contributed by atoms with van der Waals surface area (Å²) in [6.45, 7) is 9.72. The van der Waals surface area contributed by atoms with E-state index >= 15 is 0 Å². The highest BCUT2D eigenvalue weighted by atomic mass is 16.5. The number of carbonyl (C=O) groups excluding carboxylic acids is 4. The summed E-state index contributed by atoms with van der Waals surface area (Å²) >= 11 is 0. The van der Waals surface area contributed by atoms with E-state index in [0.29, 0.717) is 50.1 Å². The highest BCUT2D eigenvalue weighted by Crippen LogP contribution is 2.29. The molecule has 0 bridgehead atoms. The maximum absolute atomic E-state index is 13.5. The fraction of sp³-hybridized carbons (Fsp3) is 0.600. The van der Waals surface area contributed by atoms with Gasteiger partial charge in [0.15, 0.2) is 0 Å². The Balaban J connectivity index is 1.42. The second-order valence-electron chi connectivity index (χ2n) is 9.81. The van der Waals surface area contributed by atoms with E-state index in [-0.39, 0.29) is 35.9 Å². The van der Waals surface area contributed by atoms with E-state index in [0.717, 1.165) is 4.90 Å². The number of hydrogen-bond acceptors (Lipinski definition) is 5. The van der Waals surface area contributed by atoms with Gasteiger partial charge in [0, 0.05) is 32.1 Å². The second kappa shape index (κ2) is 9.25. The maximum atomic E-state index is 13.5. The summed E-state index contributed by atoms with van der Waals surface area (Å²) in [5, 5.41) is 0. The molecule has 0 aliphatic carbocycles. The van der Waals surface area contributed by atoms with E-state index in [9.17, 15) is 19.2 Å². The molecule has 2 fully saturated rings. The molecule has 8 nitrogen and oxygen atoms in total. The quantitative estimate of drug-likeness (QED) is 0.650. The van der Waals surface area contributed by atoms with Gasteiger partial charge in [0.25, 0.3) is 11.8 Å². The minimum atomic E-state index is -0.856. The average Bonchev–Trinajstić information content (AvgIpc) is 3.03. The molecule has 3 aliphatic heterocycles. The van der Waals surface area contributed by atoms with Crippen LogP contribution in [0.5, 0.6) is 0 Å². The Labute approximate surface area is 194 Å². The first kappa shape index (κ1) is 23.4. The molecule has 0 aromatic heterocycles. The third kappa shape index (κ3) is 4.40. The van der Waals surface area contributed by atoms with E-state index < -0.39 is 17.9 Å². The first-order valence-electron chi connectivity index (χ1n) is 11.9. The summed E-state index contributed by atoms with van der Waals surface area (Å²) in [6.07, 6.45) is 1.20. The van der Waals surface area contributed by atoms with Crippen molar-refractivity contribution < 1.29 is 23.9 Å². The lowest BCUT2D eigenvalue weighted by Gasteiger charge is -2.40. The van der Waals surface area contributed by atoms with Gasteiger partial charge in [-0.2, -0.15) is 0 Å². The molecule has 2 saturated heterocycles. The van der Waals surface area contributed by atoms with E-state index in [4.69, 9.17) is 4.74 Å². The first-order chi connectivity index (χ1) is 15.7. The molecule has 4 amide bonds. The number of fused-ring (bicyclic) bond motifs is 1. The molecule has 3 heterocycles. The second-order valence-corrected chi connectivity index (χ2v) is 9.81. The van der Waals surface area contributed by atoms with Crippen molar-refractivity contribution in [3.8, 4) is 0 Å². The first-order valence-corrected chi connectivity index (χ1v) is 11.9. The zero-order chi connectivity index (χ0) is 23.9. The number of amides is 4. The molecule has 3 aliphatic rings. The minimum Gasteiger partial charge on any atom is -0.372 e. The highest BCUT2D eigenvalue weighted by molar-refractivity contribution is 6.22. The Hall–Kier alpha value is -2.74. The molecule has 33 heavy (non-hydrogen) atoms. The van der Waals surface area contributed by atoms with Gasteiger partial charge in [-0.3, -0.25) is 24.1 Å². The molecule has 4 rings (SSSR count). The van der Waals surface area contributed by atoms with Gasteiger partial charge >= 0.3 is 0 Å². The standard InChI is InChI=1S/C25H33N3O5/c1-15(2)21(28-23(30)19-7-5-6-8-20(19)24(28)31)25(32)26-11-9-18(10-12-26)22(29)27-13-16(3)33-17(4)14-27/h5-8,15-18,21H,9-14H2,1-4H3. The summed E-state index contributed by atoms with van der Waals surface area (Å²) in [5.74, 6) is -1.27. The number of ether oxygens (including phenoxy) is 1. The summed E-state index contributed by atoms with van der Waals surface area (Å²) in [4.78, 5) is 57.2. The topological polar surface area (TPSA) is 87.2 Å². The largest absolute Gasteiger partial charge is 0.372 e. The Morgan fingerprint density at radius 1 is 0.909 bits per heavy atom. The minimum absolute atomic E-state index is 0.0193. The third-order valence-corrected chi connectivity index (χ3v) is 6.88. The van der Waals surface area contributed by atoms with Crippen molar-refractivity contribution in [2.75, 3.05) is 26.2 Å². The number of piperidine rings is 1. The molecule has 3 unspecified atom stereocenters. The Morgan fingerprint density at radius 3 is 1.91 bits per heavy atom. The van der Waals surface area contributed by atoms with Crippen LogP contribution in [0.25, 0.3) is 0 Å². The van der Waals surface area contributed by atoms with Gasteiger partial charge in [0.2, 0.25) is 11.8 Å². The summed E-state index contributed by atoms with van der Waals surface area (Å²) in [6, 6.07) is 5.84. The molecule has 3 atom stereocenters. The van der Waals surface area contributed by atoms with Crippen LogP contribution in [0.15, 0.2) is 24.3 Å². The Kier molecular flexibility index (Phi) is 6.56. The van der Waals surface area contributed by atoms with Crippen molar-refractivity contribution in [3.05, 3.63) is 35.4 Å². The molecule has 0 saturated carbocycles. The number of nitrogens with zero attached hydrogens (tertiary/aromatic N) is 3. The van der Waals surface area contributed by atoms with Gasteiger partial charge in [-0.05, 0) is 44.7 Å². The molecular weight excluding hydrogens is 422 g/mol. The van der Waals surface area contributed by atoms with E-state index in [2.05, 4.69) is 0 Å². The van der Waals surface area contributed by atoms with Crippen molar-refractivity contribution in [1.29, 1.82) is 0 Å². The van der Waals surface area contributed by atoms with E-state index in [1.54, 1.807) is 29.2 Å². The number of imide groups is 1. The molecule has 0 N–H and O–H groups in total. The molecule has 8 heteroatoms. The zero-order valence-corrected chi connectivity index (χ0v) is 19.8. The Bertz CT molecular complexity index is 908. The molecule has 178 valence electrons. The molecular formula is C25H33N3O5. The zero-order valence-electron chi connectivity index (χ0n) is 19.8.